The van der Waals surface area contributed by atoms with Crippen molar-refractivity contribution in [2.75, 3.05) is 63.5 Å². The van der Waals surface area contributed by atoms with Gasteiger partial charge < -0.3 is 44.3 Å². The molecule has 0 amide bonds. The fourth-order valence-corrected chi connectivity index (χ4v) is 6.74. The Bertz CT molecular complexity index is 1510. The molecule has 2 aromatic heterocycles. The molecule has 0 bridgehead atoms. The van der Waals surface area contributed by atoms with E-state index in [1.165, 1.54) is 0 Å². The van der Waals surface area contributed by atoms with Crippen LogP contribution in [0.25, 0.3) is 11.0 Å². The molecule has 0 aliphatic carbocycles. The van der Waals surface area contributed by atoms with Crippen LogP contribution in [0, 0.1) is 0 Å². The van der Waals surface area contributed by atoms with Crippen molar-refractivity contribution in [2.24, 2.45) is 0 Å². The number of fused-ring (bicyclic) bond motifs is 1. The van der Waals surface area contributed by atoms with Gasteiger partial charge in [0.1, 0.15) is 17.2 Å². The summed E-state index contributed by atoms with van der Waals surface area (Å²) in [6.45, 7) is 6.21. The molecule has 5 rings (SSSR count). The van der Waals surface area contributed by atoms with Crippen LogP contribution in [-0.2, 0) is 9.05 Å². The zero-order valence-corrected chi connectivity index (χ0v) is 26.6. The van der Waals surface area contributed by atoms with Gasteiger partial charge in [-0.1, -0.05) is 12.1 Å². The summed E-state index contributed by atoms with van der Waals surface area (Å²) in [5, 5.41) is 18.8. The predicted octanol–water partition coefficient (Wildman–Crippen LogP) is 5.36. The van der Waals surface area contributed by atoms with Crippen LogP contribution in [0.15, 0.2) is 54.7 Å². The fraction of sp³-hybridized carbons (Fsp3) is 0.419. The van der Waals surface area contributed by atoms with Gasteiger partial charge in [0.2, 0.25) is 14.3 Å². The highest BCUT2D eigenvalue weighted by atomic mass is 31.2. The van der Waals surface area contributed by atoms with Crippen LogP contribution in [0.2, 0.25) is 0 Å². The number of methoxy groups -OCH3 is 1. The Labute approximate surface area is 254 Å². The molecule has 1 saturated heterocycles. The molecule has 0 radical (unpaired) electrons. The molecule has 4 aromatic rings. The normalized spacial score (nSPS) is 14.6. The molecule has 11 nitrogen and oxygen atoms in total. The van der Waals surface area contributed by atoms with Crippen molar-refractivity contribution in [3.63, 3.8) is 0 Å². The number of hydrogen-bond acceptors (Lipinski definition) is 10. The molecule has 12 heteroatoms. The minimum Gasteiger partial charge on any atom is -0.495 e. The van der Waals surface area contributed by atoms with Gasteiger partial charge in [0.25, 0.3) is 0 Å². The molecular formula is C31H42N7O4P. The maximum atomic E-state index is 10.2. The first-order chi connectivity index (χ1) is 20.7. The Balaban J connectivity index is 1.33. The van der Waals surface area contributed by atoms with Crippen molar-refractivity contribution in [2.45, 2.75) is 38.3 Å². The van der Waals surface area contributed by atoms with Gasteiger partial charge in [0.15, 0.2) is 0 Å². The highest BCUT2D eigenvalue weighted by Crippen LogP contribution is 2.39. The summed E-state index contributed by atoms with van der Waals surface area (Å²) < 4.78 is 17.0. The Hall–Kier alpha value is -3.47. The summed E-state index contributed by atoms with van der Waals surface area (Å²) in [7, 11) is 5.85. The van der Waals surface area contributed by atoms with Gasteiger partial charge in [-0.3, -0.25) is 0 Å². The van der Waals surface area contributed by atoms with Gasteiger partial charge in [-0.05, 0) is 64.1 Å². The van der Waals surface area contributed by atoms with E-state index in [1.54, 1.807) is 21.3 Å². The smallest absolute Gasteiger partial charge is 0.231 e. The van der Waals surface area contributed by atoms with Crippen LogP contribution in [0.3, 0.4) is 0 Å². The highest BCUT2D eigenvalue weighted by molar-refractivity contribution is 7.56. The topological polar surface area (TPSA) is 120 Å². The van der Waals surface area contributed by atoms with Gasteiger partial charge in [-0.25, -0.2) is 0 Å². The maximum Gasteiger partial charge on any atom is 0.231 e. The SMILES string of the molecule is COc1cc(Nc2nc(Nc3ccccc3P(OC)OC)c3cc[nH]c3n2)ccc1N1CCC(N(C)CC(C)(C)O)CC1. The molecule has 0 spiro atoms. The molecule has 4 N–H and O–H groups in total. The number of nitrogens with zero attached hydrogens (tertiary/aromatic N) is 4. The van der Waals surface area contributed by atoms with Crippen molar-refractivity contribution in [1.29, 1.82) is 0 Å². The van der Waals surface area contributed by atoms with Gasteiger partial charge in [0.05, 0.1) is 34.8 Å². The van der Waals surface area contributed by atoms with E-state index < -0.39 is 14.0 Å². The summed E-state index contributed by atoms with van der Waals surface area (Å²) >= 11 is 0. The average molecular weight is 608 g/mol. The largest absolute Gasteiger partial charge is 0.495 e. The monoisotopic (exact) mass is 607 g/mol. The summed E-state index contributed by atoms with van der Waals surface area (Å²) in [5.41, 5.74) is 2.74. The molecule has 0 atom stereocenters. The number of aliphatic hydroxyl groups is 1. The minimum absolute atomic E-state index is 0.445. The number of likely N-dealkylation sites (N-methyl/N-ethyl adjacent to an activating group) is 1. The number of aromatic amines is 1. The maximum absolute atomic E-state index is 10.2. The lowest BCUT2D eigenvalue weighted by Gasteiger charge is -2.39. The fourth-order valence-electron chi connectivity index (χ4n) is 5.66. The Morgan fingerprint density at radius 3 is 2.49 bits per heavy atom. The van der Waals surface area contributed by atoms with E-state index in [9.17, 15) is 5.11 Å². The van der Waals surface area contributed by atoms with Crippen molar-refractivity contribution in [3.05, 3.63) is 54.7 Å². The second-order valence-corrected chi connectivity index (χ2v) is 13.1. The number of para-hydroxylation sites is 1. The number of ether oxygens (including phenoxy) is 1. The number of hydrogen-bond donors (Lipinski definition) is 4. The van der Waals surface area contributed by atoms with E-state index in [2.05, 4.69) is 38.5 Å². The van der Waals surface area contributed by atoms with Crippen molar-refractivity contribution < 1.29 is 18.9 Å². The van der Waals surface area contributed by atoms with E-state index in [4.69, 9.17) is 23.8 Å². The molecule has 3 heterocycles. The lowest BCUT2D eigenvalue weighted by Crippen LogP contribution is -2.47. The zero-order valence-electron chi connectivity index (χ0n) is 25.7. The van der Waals surface area contributed by atoms with Crippen LogP contribution in [0.5, 0.6) is 5.75 Å². The van der Waals surface area contributed by atoms with Crippen molar-refractivity contribution in [3.8, 4) is 5.75 Å². The van der Waals surface area contributed by atoms with Crippen molar-refractivity contribution in [1.82, 2.24) is 19.9 Å². The Morgan fingerprint density at radius 2 is 1.79 bits per heavy atom. The second-order valence-electron chi connectivity index (χ2n) is 11.4. The first-order valence-corrected chi connectivity index (χ1v) is 15.6. The van der Waals surface area contributed by atoms with Gasteiger partial charge in [-0.15, -0.1) is 0 Å². The molecule has 1 aliphatic heterocycles. The highest BCUT2D eigenvalue weighted by Gasteiger charge is 2.27. The first kappa shape index (κ1) is 31.0. The number of rotatable bonds is 12. The Kier molecular flexibility index (Phi) is 9.68. The summed E-state index contributed by atoms with van der Waals surface area (Å²) in [6, 6.07) is 16.4. The quantitative estimate of drug-likeness (QED) is 0.157. The van der Waals surface area contributed by atoms with Crippen LogP contribution in [0.4, 0.5) is 28.8 Å². The van der Waals surface area contributed by atoms with E-state index in [0.717, 1.165) is 59.4 Å². The van der Waals surface area contributed by atoms with Crippen LogP contribution >= 0.6 is 8.38 Å². The van der Waals surface area contributed by atoms with E-state index in [1.807, 2.05) is 62.5 Å². The molecule has 2 aromatic carbocycles. The lowest BCUT2D eigenvalue weighted by atomic mass is 10.0. The summed E-state index contributed by atoms with van der Waals surface area (Å²) in [5.74, 6) is 1.89. The second kappa shape index (κ2) is 13.4. The summed E-state index contributed by atoms with van der Waals surface area (Å²) in [6.07, 6.45) is 3.89. The number of benzene rings is 2. The first-order valence-electron chi connectivity index (χ1n) is 14.4. The molecular weight excluding hydrogens is 565 g/mol. The molecule has 230 valence electrons. The number of piperidine rings is 1. The minimum atomic E-state index is -1.23. The van der Waals surface area contributed by atoms with Crippen molar-refractivity contribution >= 4 is 53.5 Å². The lowest BCUT2D eigenvalue weighted by molar-refractivity contribution is 0.0275. The third-order valence-electron chi connectivity index (χ3n) is 7.60. The number of aromatic nitrogens is 3. The number of H-pyrrole nitrogens is 1. The molecule has 1 aliphatic rings. The molecule has 43 heavy (non-hydrogen) atoms. The van der Waals surface area contributed by atoms with Gasteiger partial charge in [-0.2, -0.15) is 9.97 Å². The number of nitrogens with one attached hydrogen (secondary N) is 3. The van der Waals surface area contributed by atoms with E-state index in [0.29, 0.717) is 30.0 Å². The summed E-state index contributed by atoms with van der Waals surface area (Å²) in [4.78, 5) is 17.4. The zero-order chi connectivity index (χ0) is 30.6. The third-order valence-corrected chi connectivity index (χ3v) is 9.05. The Morgan fingerprint density at radius 1 is 1.05 bits per heavy atom. The van der Waals surface area contributed by atoms with Crippen LogP contribution in [0.1, 0.15) is 26.7 Å². The average Bonchev–Trinajstić information content (AvgIpc) is 3.47. The number of anilines is 5. The van der Waals surface area contributed by atoms with Crippen LogP contribution < -0.4 is 25.6 Å². The molecule has 1 fully saturated rings. The third kappa shape index (κ3) is 7.37. The van der Waals surface area contributed by atoms with Gasteiger partial charge >= 0.3 is 0 Å². The predicted molar refractivity (Wildman–Crippen MR) is 175 cm³/mol. The van der Waals surface area contributed by atoms with Crippen LogP contribution in [-0.4, -0.2) is 84.6 Å². The van der Waals surface area contributed by atoms with Gasteiger partial charge in [0, 0.05) is 57.8 Å². The standard InChI is InChI=1S/C31H42N7O4P/c1-31(2,39)20-37(3)22-14-17-38(18-15-22)25-12-11-21(19-26(25)40-4)33-30-35-28-23(13-16-32-28)29(36-30)34-24-9-7-8-10-27(24)43(41-5)42-6/h7-13,16,19,22,39H,14-15,17-18,20H2,1-6H3,(H3,32,33,34,35,36). The molecule has 0 unspecified atom stereocenters. The van der Waals surface area contributed by atoms with E-state index in [-0.39, 0.29) is 0 Å². The molecule has 0 saturated carbocycles. The van der Waals surface area contributed by atoms with E-state index >= 15 is 0 Å².